The monoisotopic (exact) mass is 397 g/mol. The molecule has 0 N–H and O–H groups in total. The maximum Gasteiger partial charge on any atom is 0.338 e. The van der Waals surface area contributed by atoms with Gasteiger partial charge in [-0.25, -0.2) is 4.79 Å². The van der Waals surface area contributed by atoms with Gasteiger partial charge in [0.05, 0.1) is 16.7 Å². The van der Waals surface area contributed by atoms with Crippen LogP contribution in [0.4, 0.5) is 0 Å². The fraction of sp³-hybridized carbons (Fsp3) is 0.318. The van der Waals surface area contributed by atoms with Gasteiger partial charge in [0.25, 0.3) is 11.8 Å². The van der Waals surface area contributed by atoms with Crippen molar-refractivity contribution in [3.63, 3.8) is 0 Å². The van der Waals surface area contributed by atoms with Gasteiger partial charge in [0.15, 0.2) is 0 Å². The second-order valence-electron chi connectivity index (χ2n) is 6.67. The number of ether oxygens (including phenoxy) is 3. The van der Waals surface area contributed by atoms with Gasteiger partial charge in [-0.3, -0.25) is 14.5 Å². The molecule has 0 bridgehead atoms. The lowest BCUT2D eigenvalue weighted by Gasteiger charge is -2.12. The van der Waals surface area contributed by atoms with Crippen molar-refractivity contribution in [2.45, 2.75) is 13.3 Å². The first-order chi connectivity index (χ1) is 14.0. The molecule has 0 spiro atoms. The zero-order valence-electron chi connectivity index (χ0n) is 16.5. The summed E-state index contributed by atoms with van der Waals surface area (Å²) in [6, 6.07) is 12.0. The number of aryl methyl sites for hydroxylation is 1. The summed E-state index contributed by atoms with van der Waals surface area (Å²) in [5, 5.41) is 0. The lowest BCUT2D eigenvalue weighted by molar-refractivity contribution is 0.0450. The number of benzene rings is 2. The highest BCUT2D eigenvalue weighted by atomic mass is 16.6. The second kappa shape index (κ2) is 9.34. The fourth-order valence-corrected chi connectivity index (χ4v) is 3.00. The van der Waals surface area contributed by atoms with E-state index in [4.69, 9.17) is 14.2 Å². The summed E-state index contributed by atoms with van der Waals surface area (Å²) in [7, 11) is 1.56. The number of esters is 1. The van der Waals surface area contributed by atoms with Crippen LogP contribution in [0.15, 0.2) is 42.5 Å². The van der Waals surface area contributed by atoms with E-state index in [2.05, 4.69) is 0 Å². The maximum atomic E-state index is 12.5. The topological polar surface area (TPSA) is 82.1 Å². The van der Waals surface area contributed by atoms with Crippen LogP contribution in [0.25, 0.3) is 0 Å². The maximum absolute atomic E-state index is 12.5. The van der Waals surface area contributed by atoms with Crippen LogP contribution < -0.4 is 4.74 Å². The molecule has 1 aliphatic heterocycles. The minimum absolute atomic E-state index is 0.0693. The average Bonchev–Trinajstić information content (AvgIpc) is 2.97. The lowest BCUT2D eigenvalue weighted by atomic mass is 10.1. The van der Waals surface area contributed by atoms with E-state index in [0.717, 1.165) is 5.56 Å². The van der Waals surface area contributed by atoms with E-state index >= 15 is 0 Å². The predicted octanol–water partition coefficient (Wildman–Crippen LogP) is 2.86. The molecule has 0 aromatic heterocycles. The van der Waals surface area contributed by atoms with Crippen molar-refractivity contribution in [1.29, 1.82) is 0 Å². The van der Waals surface area contributed by atoms with E-state index in [-0.39, 0.29) is 36.8 Å². The summed E-state index contributed by atoms with van der Waals surface area (Å²) >= 11 is 0. The Morgan fingerprint density at radius 1 is 0.931 bits per heavy atom. The summed E-state index contributed by atoms with van der Waals surface area (Å²) < 4.78 is 15.7. The molecule has 0 fully saturated rings. The highest BCUT2D eigenvalue weighted by Gasteiger charge is 2.35. The molecule has 2 aromatic carbocycles. The van der Waals surface area contributed by atoms with Gasteiger partial charge in [-0.2, -0.15) is 0 Å². The average molecular weight is 397 g/mol. The third-order valence-corrected chi connectivity index (χ3v) is 4.54. The number of nitrogens with zero attached hydrogens (tertiary/aromatic N) is 1. The molecule has 152 valence electrons. The third-order valence-electron chi connectivity index (χ3n) is 4.54. The Hall–Kier alpha value is -3.19. The van der Waals surface area contributed by atoms with Crippen molar-refractivity contribution in [3.05, 3.63) is 64.7 Å². The predicted molar refractivity (Wildman–Crippen MR) is 105 cm³/mol. The molecule has 1 aliphatic rings. The van der Waals surface area contributed by atoms with Crippen molar-refractivity contribution < 1.29 is 28.6 Å². The van der Waals surface area contributed by atoms with Gasteiger partial charge in [-0.15, -0.1) is 0 Å². The van der Waals surface area contributed by atoms with E-state index in [1.165, 1.54) is 23.1 Å². The van der Waals surface area contributed by atoms with Crippen LogP contribution in [0.1, 0.15) is 43.1 Å². The zero-order chi connectivity index (χ0) is 20.8. The fourth-order valence-electron chi connectivity index (χ4n) is 3.00. The number of methoxy groups -OCH3 is 1. The van der Waals surface area contributed by atoms with Crippen LogP contribution in [0, 0.1) is 6.92 Å². The van der Waals surface area contributed by atoms with Crippen molar-refractivity contribution in [2.24, 2.45) is 0 Å². The van der Waals surface area contributed by atoms with Gasteiger partial charge in [0, 0.05) is 20.3 Å². The highest BCUT2D eigenvalue weighted by Crippen LogP contribution is 2.24. The Morgan fingerprint density at radius 3 is 2.38 bits per heavy atom. The van der Waals surface area contributed by atoms with Crippen LogP contribution >= 0.6 is 0 Å². The highest BCUT2D eigenvalue weighted by molar-refractivity contribution is 6.21. The van der Waals surface area contributed by atoms with Crippen molar-refractivity contribution in [1.82, 2.24) is 4.90 Å². The number of hydrogen-bond donors (Lipinski definition) is 0. The molecule has 7 nitrogen and oxygen atoms in total. The SMILES string of the molecule is COCCCN1C(=O)c2ccc(C(=O)OCCOc3ccc(C)cc3)cc2C1=O. The largest absolute Gasteiger partial charge is 0.490 e. The number of amides is 2. The zero-order valence-corrected chi connectivity index (χ0v) is 16.5. The van der Waals surface area contributed by atoms with E-state index in [1.54, 1.807) is 7.11 Å². The van der Waals surface area contributed by atoms with Gasteiger partial charge in [-0.1, -0.05) is 17.7 Å². The number of carbonyl (C=O) groups excluding carboxylic acids is 3. The molecule has 1 heterocycles. The molecule has 2 amide bonds. The third kappa shape index (κ3) is 4.81. The first-order valence-electron chi connectivity index (χ1n) is 9.37. The summed E-state index contributed by atoms with van der Waals surface area (Å²) in [4.78, 5) is 38.3. The molecule has 0 aliphatic carbocycles. The van der Waals surface area contributed by atoms with Gasteiger partial charge in [0.2, 0.25) is 0 Å². The standard InChI is InChI=1S/C22H23NO6/c1-15-4-7-17(8-5-15)28-12-13-29-22(26)16-6-9-18-19(14-16)21(25)23(20(18)24)10-3-11-27-2/h4-9,14H,3,10-13H2,1-2H3. The lowest BCUT2D eigenvalue weighted by Crippen LogP contribution is -2.31. The van der Waals surface area contributed by atoms with Gasteiger partial charge in [-0.05, 0) is 43.7 Å². The molecule has 0 radical (unpaired) electrons. The first-order valence-corrected chi connectivity index (χ1v) is 9.37. The summed E-state index contributed by atoms with van der Waals surface area (Å²) in [5.74, 6) is -0.633. The summed E-state index contributed by atoms with van der Waals surface area (Å²) in [6.07, 6.45) is 0.553. The molecule has 3 rings (SSSR count). The number of hydrogen-bond acceptors (Lipinski definition) is 6. The number of imide groups is 1. The minimum atomic E-state index is -0.571. The molecular formula is C22H23NO6. The second-order valence-corrected chi connectivity index (χ2v) is 6.67. The Labute approximate surface area is 169 Å². The van der Waals surface area contributed by atoms with E-state index < -0.39 is 11.9 Å². The first kappa shape index (κ1) is 20.5. The summed E-state index contributed by atoms with van der Waals surface area (Å²) in [6.45, 7) is 3.00. The van der Waals surface area contributed by atoms with E-state index in [9.17, 15) is 14.4 Å². The van der Waals surface area contributed by atoms with E-state index in [0.29, 0.717) is 24.3 Å². The van der Waals surface area contributed by atoms with Crippen LogP contribution in [0.3, 0.4) is 0 Å². The van der Waals surface area contributed by atoms with Crippen LogP contribution in [-0.4, -0.2) is 56.2 Å². The van der Waals surface area contributed by atoms with Gasteiger partial charge >= 0.3 is 5.97 Å². The number of carbonyl (C=O) groups is 3. The van der Waals surface area contributed by atoms with Crippen LogP contribution in [0.2, 0.25) is 0 Å². The Bertz CT molecular complexity index is 906. The minimum Gasteiger partial charge on any atom is -0.490 e. The summed E-state index contributed by atoms with van der Waals surface area (Å²) in [5.41, 5.74) is 1.87. The normalized spacial score (nSPS) is 12.8. The Morgan fingerprint density at radius 2 is 1.66 bits per heavy atom. The van der Waals surface area contributed by atoms with Crippen molar-refractivity contribution in [3.8, 4) is 5.75 Å². The van der Waals surface area contributed by atoms with E-state index in [1.807, 2.05) is 31.2 Å². The van der Waals surface area contributed by atoms with Crippen LogP contribution in [-0.2, 0) is 9.47 Å². The smallest absolute Gasteiger partial charge is 0.338 e. The molecule has 0 unspecified atom stereocenters. The number of fused-ring (bicyclic) bond motifs is 1. The molecule has 2 aromatic rings. The molecule has 0 saturated heterocycles. The van der Waals surface area contributed by atoms with Crippen LogP contribution in [0.5, 0.6) is 5.75 Å². The van der Waals surface area contributed by atoms with Gasteiger partial charge < -0.3 is 14.2 Å². The Balaban J connectivity index is 1.55. The molecule has 0 saturated carbocycles. The molecule has 0 atom stereocenters. The number of rotatable bonds is 9. The molecule has 7 heteroatoms. The molecule has 29 heavy (non-hydrogen) atoms. The van der Waals surface area contributed by atoms with Crippen molar-refractivity contribution in [2.75, 3.05) is 33.5 Å². The van der Waals surface area contributed by atoms with Gasteiger partial charge in [0.1, 0.15) is 19.0 Å². The van der Waals surface area contributed by atoms with Crippen molar-refractivity contribution >= 4 is 17.8 Å². The molecular weight excluding hydrogens is 374 g/mol. The quantitative estimate of drug-likeness (QED) is 0.368. The Kier molecular flexibility index (Phi) is 6.61.